The number of carbonyl (C=O) groups excluding carboxylic acids is 2. The van der Waals surface area contributed by atoms with E-state index in [0.29, 0.717) is 25.2 Å². The minimum atomic E-state index is -2.43. The summed E-state index contributed by atoms with van der Waals surface area (Å²) in [6.45, 7) is 2.17. The van der Waals surface area contributed by atoms with E-state index in [-0.39, 0.29) is 18.2 Å². The van der Waals surface area contributed by atoms with Crippen LogP contribution in [0.1, 0.15) is 42.0 Å². The van der Waals surface area contributed by atoms with Gasteiger partial charge >= 0.3 is 0 Å². The monoisotopic (exact) mass is 612 g/mol. The summed E-state index contributed by atoms with van der Waals surface area (Å²) in [5, 5.41) is 4.95. The summed E-state index contributed by atoms with van der Waals surface area (Å²) < 4.78 is 24.8. The Balaban J connectivity index is 1.41. The topological polar surface area (TPSA) is 93.2 Å². The summed E-state index contributed by atoms with van der Waals surface area (Å²) in [4.78, 5) is 31.4. The molecule has 4 aromatic carbocycles. The van der Waals surface area contributed by atoms with Crippen LogP contribution in [-0.4, -0.2) is 63.6 Å². The Labute approximate surface area is 262 Å². The van der Waals surface area contributed by atoms with Gasteiger partial charge in [0.1, 0.15) is 6.04 Å². The Hall–Kier alpha value is -4.05. The van der Waals surface area contributed by atoms with Gasteiger partial charge in [-0.2, -0.15) is 0 Å². The third-order valence-corrected chi connectivity index (χ3v) is 8.82. The molecule has 1 aliphatic heterocycles. The van der Waals surface area contributed by atoms with Crippen LogP contribution in [0.5, 0.6) is 0 Å². The lowest BCUT2D eigenvalue weighted by molar-refractivity contribution is -0.135. The van der Waals surface area contributed by atoms with Gasteiger partial charge in [-0.15, -0.1) is 0 Å². The van der Waals surface area contributed by atoms with Gasteiger partial charge in [-0.3, -0.25) is 18.4 Å². The van der Waals surface area contributed by atoms with Gasteiger partial charge in [-0.05, 0) is 66.5 Å². The number of nitrogens with one attached hydrogen (secondary N) is 1. The number of fused-ring (bicyclic) bond motifs is 1. The molecule has 9 heteroatoms. The molecule has 0 aromatic heterocycles. The molecule has 1 fully saturated rings. The summed E-state index contributed by atoms with van der Waals surface area (Å²) >= 11 is -2.43. The maximum Gasteiger partial charge on any atom is 0.262 e. The molecule has 2 N–H and O–H groups in total. The Bertz CT molecular complexity index is 1590. The van der Waals surface area contributed by atoms with Gasteiger partial charge in [0.25, 0.3) is 11.3 Å². The molecule has 1 aliphatic rings. The van der Waals surface area contributed by atoms with Gasteiger partial charge < -0.3 is 15.1 Å². The molecular weight excluding hydrogens is 572 g/mol. The second kappa shape index (κ2) is 14.6. The average Bonchev–Trinajstić information content (AvgIpc) is 3.56. The van der Waals surface area contributed by atoms with E-state index in [2.05, 4.69) is 22.3 Å². The maximum atomic E-state index is 13.8. The van der Waals surface area contributed by atoms with Gasteiger partial charge in [-0.1, -0.05) is 84.9 Å². The minimum absolute atomic E-state index is 0.0957. The first-order chi connectivity index (χ1) is 21.3. The lowest BCUT2D eigenvalue weighted by Gasteiger charge is -2.31. The number of carbonyl (C=O) groups is 2. The van der Waals surface area contributed by atoms with E-state index in [1.807, 2.05) is 97.9 Å². The van der Waals surface area contributed by atoms with Crippen molar-refractivity contribution in [2.45, 2.75) is 44.3 Å². The molecule has 0 radical (unpaired) electrons. The molecule has 0 aliphatic carbocycles. The van der Waals surface area contributed by atoms with Crippen molar-refractivity contribution in [3.63, 3.8) is 0 Å². The highest BCUT2D eigenvalue weighted by Crippen LogP contribution is 2.33. The average molecular weight is 613 g/mol. The molecule has 5 rings (SSSR count). The van der Waals surface area contributed by atoms with Crippen LogP contribution in [-0.2, 0) is 33.8 Å². The van der Waals surface area contributed by atoms with Crippen molar-refractivity contribution in [2.75, 3.05) is 31.5 Å². The Morgan fingerprint density at radius 1 is 0.864 bits per heavy atom. The summed E-state index contributed by atoms with van der Waals surface area (Å²) in [5.74, 6) is -0.460. The summed E-state index contributed by atoms with van der Waals surface area (Å²) in [6, 6.07) is 29.2. The smallest absolute Gasteiger partial charge is 0.262 e. The van der Waals surface area contributed by atoms with Crippen molar-refractivity contribution in [3.05, 3.63) is 114 Å². The highest BCUT2D eigenvalue weighted by molar-refractivity contribution is 7.80. The van der Waals surface area contributed by atoms with Crippen molar-refractivity contribution >= 4 is 39.5 Å². The van der Waals surface area contributed by atoms with Crippen LogP contribution in [0, 0.1) is 0 Å². The number of amides is 2. The van der Waals surface area contributed by atoms with Gasteiger partial charge in [0.2, 0.25) is 11.8 Å². The number of hydrogen-bond acceptors (Lipinski definition) is 4. The summed E-state index contributed by atoms with van der Waals surface area (Å²) in [7, 11) is 4.04. The van der Waals surface area contributed by atoms with Gasteiger partial charge in [0.05, 0.1) is 18.2 Å². The second-order valence-corrected chi connectivity index (χ2v) is 12.5. The SMILES string of the molecule is CN(C)Cc1ccc(CC(NC(=O)CC(c2ccccc2)N(c2ccc3ccccc3c2)S(=O)O)C(=O)N2CCCC2)cc1. The van der Waals surface area contributed by atoms with Crippen LogP contribution in [0.3, 0.4) is 0 Å². The van der Waals surface area contributed by atoms with Crippen LogP contribution in [0.4, 0.5) is 5.69 Å². The van der Waals surface area contributed by atoms with Gasteiger partial charge in [0.15, 0.2) is 0 Å². The Morgan fingerprint density at radius 2 is 1.50 bits per heavy atom. The lowest BCUT2D eigenvalue weighted by atomic mass is 10.00. The first kappa shape index (κ1) is 31.4. The van der Waals surface area contributed by atoms with Crippen molar-refractivity contribution < 1.29 is 18.4 Å². The molecule has 0 bridgehead atoms. The number of hydrogen-bond donors (Lipinski definition) is 2. The molecule has 2 amide bonds. The first-order valence-corrected chi connectivity index (χ1v) is 16.1. The fraction of sp³-hybridized carbons (Fsp3) is 0.314. The fourth-order valence-electron chi connectivity index (χ4n) is 5.87. The van der Waals surface area contributed by atoms with Crippen molar-refractivity contribution in [1.29, 1.82) is 0 Å². The quantitative estimate of drug-likeness (QED) is 0.211. The molecule has 44 heavy (non-hydrogen) atoms. The van der Waals surface area contributed by atoms with Crippen LogP contribution in [0.15, 0.2) is 97.1 Å². The van der Waals surface area contributed by atoms with Crippen molar-refractivity contribution in [2.24, 2.45) is 0 Å². The van der Waals surface area contributed by atoms with Crippen LogP contribution in [0.2, 0.25) is 0 Å². The number of benzene rings is 4. The van der Waals surface area contributed by atoms with Gasteiger partial charge in [0, 0.05) is 26.1 Å². The molecule has 230 valence electrons. The van der Waals surface area contributed by atoms with E-state index in [4.69, 9.17) is 0 Å². The van der Waals surface area contributed by atoms with E-state index >= 15 is 0 Å². The predicted octanol–water partition coefficient (Wildman–Crippen LogP) is 5.33. The number of nitrogens with zero attached hydrogens (tertiary/aromatic N) is 3. The number of anilines is 1. The number of rotatable bonds is 12. The molecule has 3 unspecified atom stereocenters. The predicted molar refractivity (Wildman–Crippen MR) is 176 cm³/mol. The van der Waals surface area contributed by atoms with Crippen LogP contribution in [0.25, 0.3) is 10.8 Å². The Morgan fingerprint density at radius 3 is 2.16 bits per heavy atom. The summed E-state index contributed by atoms with van der Waals surface area (Å²) in [6.07, 6.45) is 2.14. The van der Waals surface area contributed by atoms with E-state index in [9.17, 15) is 18.4 Å². The lowest BCUT2D eigenvalue weighted by Crippen LogP contribution is -2.49. The van der Waals surface area contributed by atoms with Gasteiger partial charge in [-0.25, -0.2) is 4.21 Å². The third-order valence-electron chi connectivity index (χ3n) is 8.01. The summed E-state index contributed by atoms with van der Waals surface area (Å²) in [5.41, 5.74) is 3.37. The molecular formula is C35H40N4O4S. The van der Waals surface area contributed by atoms with Crippen LogP contribution < -0.4 is 9.62 Å². The maximum absolute atomic E-state index is 13.8. The first-order valence-electron chi connectivity index (χ1n) is 15.0. The molecule has 4 aromatic rings. The largest absolute Gasteiger partial charge is 0.344 e. The van der Waals surface area contributed by atoms with Crippen molar-refractivity contribution in [3.8, 4) is 0 Å². The molecule has 1 saturated heterocycles. The standard InChI is InChI=1S/C35H40N4O4S/c1-37(2)25-27-16-14-26(15-17-27)22-32(35(41)38-20-8-9-21-38)36-34(40)24-33(29-11-4-3-5-12-29)39(44(42)43)31-19-18-28-10-6-7-13-30(28)23-31/h3-7,10-19,23,32-33H,8-9,20-22,24-25H2,1-2H3,(H,36,40)(H,42,43). The molecule has 0 spiro atoms. The van der Waals surface area contributed by atoms with E-state index in [1.165, 1.54) is 9.87 Å². The molecule has 3 atom stereocenters. The zero-order chi connectivity index (χ0) is 31.1. The fourth-order valence-corrected chi connectivity index (χ4v) is 6.58. The van der Waals surface area contributed by atoms with Crippen molar-refractivity contribution in [1.82, 2.24) is 15.1 Å². The highest BCUT2D eigenvalue weighted by atomic mass is 32.2. The van der Waals surface area contributed by atoms with E-state index < -0.39 is 23.4 Å². The normalized spacial score (nSPS) is 15.2. The van der Waals surface area contributed by atoms with E-state index in [0.717, 1.165) is 41.3 Å². The Kier molecular flexibility index (Phi) is 10.4. The minimum Gasteiger partial charge on any atom is -0.344 e. The molecule has 8 nitrogen and oxygen atoms in total. The van der Waals surface area contributed by atoms with E-state index in [1.54, 1.807) is 6.07 Å². The molecule has 1 heterocycles. The zero-order valence-corrected chi connectivity index (χ0v) is 26.1. The second-order valence-electron chi connectivity index (χ2n) is 11.6. The zero-order valence-electron chi connectivity index (χ0n) is 25.3. The molecule has 0 saturated carbocycles. The number of likely N-dealkylation sites (tertiary alicyclic amines) is 1. The highest BCUT2D eigenvalue weighted by Gasteiger charge is 2.32. The van der Waals surface area contributed by atoms with Crippen LogP contribution >= 0.6 is 0 Å². The third kappa shape index (κ3) is 7.91.